The quantitative estimate of drug-likeness (QED) is 0.849. The zero-order valence-corrected chi connectivity index (χ0v) is 12.5. The number of hydrogen-bond acceptors (Lipinski definition) is 3. The number of ether oxygens (including phenoxy) is 1. The summed E-state index contributed by atoms with van der Waals surface area (Å²) in [6, 6.07) is 3.62. The Balaban J connectivity index is 2.30. The number of fused-ring (bicyclic) bond motifs is 4. The molecule has 1 heterocycles. The van der Waals surface area contributed by atoms with Crippen LogP contribution in [0.3, 0.4) is 0 Å². The van der Waals surface area contributed by atoms with Gasteiger partial charge in [0.2, 0.25) is 5.88 Å². The lowest BCUT2D eigenvalue weighted by Crippen LogP contribution is -2.46. The van der Waals surface area contributed by atoms with Gasteiger partial charge in [0.15, 0.2) is 0 Å². The maximum Gasteiger partial charge on any atom is 0.318 e. The number of pyridine rings is 1. The average molecular weight is 285 g/mol. The molecule has 0 radical (unpaired) electrons. The highest BCUT2D eigenvalue weighted by molar-refractivity contribution is 5.88. The van der Waals surface area contributed by atoms with Crippen molar-refractivity contribution in [3.63, 3.8) is 0 Å². The molecular weight excluding hydrogens is 266 g/mol. The molecule has 2 aliphatic carbocycles. The monoisotopic (exact) mass is 285 g/mol. The minimum atomic E-state index is -0.967. The smallest absolute Gasteiger partial charge is 0.318 e. The number of rotatable bonds is 2. The summed E-state index contributed by atoms with van der Waals surface area (Å²) in [5, 5.41) is 10.0. The molecular formula is C17H19NO3. The van der Waals surface area contributed by atoms with E-state index in [1.807, 2.05) is 26.0 Å². The topological polar surface area (TPSA) is 59.4 Å². The summed E-state index contributed by atoms with van der Waals surface area (Å²) in [6.45, 7) is 3.94. The first-order valence-corrected chi connectivity index (χ1v) is 7.14. The molecule has 0 aromatic carbocycles. The van der Waals surface area contributed by atoms with Gasteiger partial charge in [-0.05, 0) is 31.4 Å². The van der Waals surface area contributed by atoms with E-state index in [1.54, 1.807) is 13.2 Å². The lowest BCUT2D eigenvalue weighted by atomic mass is 9.58. The van der Waals surface area contributed by atoms with E-state index in [0.717, 1.165) is 28.8 Å². The van der Waals surface area contributed by atoms with Crippen LogP contribution in [0, 0.1) is 5.92 Å². The van der Waals surface area contributed by atoms with Crippen LogP contribution in [0.15, 0.2) is 35.4 Å². The van der Waals surface area contributed by atoms with Gasteiger partial charge in [-0.25, -0.2) is 4.98 Å². The number of allylic oxidation sites excluding steroid dienone is 3. The first-order valence-electron chi connectivity index (χ1n) is 7.14. The third kappa shape index (κ3) is 1.82. The Morgan fingerprint density at radius 2 is 2.29 bits per heavy atom. The summed E-state index contributed by atoms with van der Waals surface area (Å²) >= 11 is 0. The van der Waals surface area contributed by atoms with Crippen LogP contribution in [-0.2, 0) is 16.6 Å². The molecule has 1 N–H and O–H groups in total. The molecule has 0 unspecified atom stereocenters. The fourth-order valence-corrected chi connectivity index (χ4v) is 3.87. The van der Waals surface area contributed by atoms with Crippen LogP contribution in [0.4, 0.5) is 0 Å². The van der Waals surface area contributed by atoms with Crippen molar-refractivity contribution < 1.29 is 14.6 Å². The Morgan fingerprint density at radius 1 is 1.52 bits per heavy atom. The maximum absolute atomic E-state index is 12.2. The van der Waals surface area contributed by atoms with Gasteiger partial charge in [-0.15, -0.1) is 0 Å². The van der Waals surface area contributed by atoms with E-state index < -0.39 is 11.4 Å². The highest BCUT2D eigenvalue weighted by Gasteiger charge is 2.52. The summed E-state index contributed by atoms with van der Waals surface area (Å²) in [5.74, 6) is -0.134. The molecule has 21 heavy (non-hydrogen) atoms. The molecule has 0 saturated heterocycles. The SMILES string of the molecule is C/C=C1\[C@H]2C=C(C)C[C@]1(C(=O)O)c1ccc(OC)nc1C2. The minimum Gasteiger partial charge on any atom is -0.481 e. The molecule has 0 amide bonds. The van der Waals surface area contributed by atoms with Gasteiger partial charge in [0.25, 0.3) is 0 Å². The van der Waals surface area contributed by atoms with Crippen LogP contribution in [0.5, 0.6) is 5.88 Å². The standard InChI is InChI=1S/C17H19NO3/c1-4-12-11-7-10(2)9-17(12,16(19)20)13-5-6-15(21-3)18-14(13)8-11/h4-7,11H,8-9H2,1-3H3,(H,19,20)/b12-4+/t11-,17+/m0/s1. The van der Waals surface area contributed by atoms with Gasteiger partial charge < -0.3 is 9.84 Å². The summed E-state index contributed by atoms with van der Waals surface area (Å²) in [5.41, 5.74) is 2.81. The largest absolute Gasteiger partial charge is 0.481 e. The van der Waals surface area contributed by atoms with Gasteiger partial charge in [-0.1, -0.05) is 23.8 Å². The lowest BCUT2D eigenvalue weighted by molar-refractivity contribution is -0.142. The molecule has 2 bridgehead atoms. The summed E-state index contributed by atoms with van der Waals surface area (Å²) in [6.07, 6.45) is 5.40. The van der Waals surface area contributed by atoms with Gasteiger partial charge in [-0.3, -0.25) is 4.79 Å². The number of carboxylic acid groups (broad SMARTS) is 1. The van der Waals surface area contributed by atoms with Crippen molar-refractivity contribution in [2.75, 3.05) is 7.11 Å². The summed E-state index contributed by atoms with van der Waals surface area (Å²) in [7, 11) is 1.58. The molecule has 0 aliphatic heterocycles. The van der Waals surface area contributed by atoms with Crippen LogP contribution >= 0.6 is 0 Å². The van der Waals surface area contributed by atoms with Crippen molar-refractivity contribution in [1.29, 1.82) is 0 Å². The van der Waals surface area contributed by atoms with E-state index >= 15 is 0 Å². The van der Waals surface area contributed by atoms with Gasteiger partial charge in [0.1, 0.15) is 5.41 Å². The van der Waals surface area contributed by atoms with Crippen LogP contribution < -0.4 is 4.74 Å². The van der Waals surface area contributed by atoms with E-state index in [9.17, 15) is 9.90 Å². The van der Waals surface area contributed by atoms with Gasteiger partial charge in [0.05, 0.1) is 12.8 Å². The predicted molar refractivity (Wildman–Crippen MR) is 79.4 cm³/mol. The maximum atomic E-state index is 12.2. The number of carbonyl (C=O) groups is 1. The van der Waals surface area contributed by atoms with Crippen molar-refractivity contribution in [2.45, 2.75) is 32.1 Å². The molecule has 1 aromatic rings. The van der Waals surface area contributed by atoms with Gasteiger partial charge in [0, 0.05) is 18.4 Å². The summed E-state index contributed by atoms with van der Waals surface area (Å²) < 4.78 is 5.18. The second-order valence-electron chi connectivity index (χ2n) is 5.80. The Morgan fingerprint density at radius 3 is 2.90 bits per heavy atom. The first kappa shape index (κ1) is 13.9. The van der Waals surface area contributed by atoms with Crippen LogP contribution in [-0.4, -0.2) is 23.2 Å². The number of aliphatic carboxylic acids is 1. The first-order chi connectivity index (χ1) is 10.0. The molecule has 0 saturated carbocycles. The molecule has 110 valence electrons. The van der Waals surface area contributed by atoms with Gasteiger partial charge >= 0.3 is 5.97 Å². The van der Waals surface area contributed by atoms with Crippen molar-refractivity contribution in [3.05, 3.63) is 46.7 Å². The Hall–Kier alpha value is -2.10. The van der Waals surface area contributed by atoms with Crippen molar-refractivity contribution in [2.24, 2.45) is 5.92 Å². The van der Waals surface area contributed by atoms with Crippen molar-refractivity contribution >= 4 is 5.97 Å². The molecule has 1 aromatic heterocycles. The molecule has 0 spiro atoms. The minimum absolute atomic E-state index is 0.118. The fourth-order valence-electron chi connectivity index (χ4n) is 3.87. The molecule has 4 heteroatoms. The third-order valence-corrected chi connectivity index (χ3v) is 4.63. The number of methoxy groups -OCH3 is 1. The highest BCUT2D eigenvalue weighted by Crippen LogP contribution is 2.51. The normalized spacial score (nSPS) is 28.8. The molecule has 4 nitrogen and oxygen atoms in total. The van der Waals surface area contributed by atoms with Gasteiger partial charge in [-0.2, -0.15) is 0 Å². The summed E-state index contributed by atoms with van der Waals surface area (Å²) in [4.78, 5) is 16.7. The second kappa shape index (κ2) is 4.72. The number of hydrogen-bond donors (Lipinski definition) is 1. The zero-order valence-electron chi connectivity index (χ0n) is 12.5. The van der Waals surface area contributed by atoms with E-state index in [2.05, 4.69) is 11.1 Å². The lowest BCUT2D eigenvalue weighted by Gasteiger charge is -2.44. The molecule has 2 aliphatic rings. The van der Waals surface area contributed by atoms with E-state index in [4.69, 9.17) is 4.74 Å². The van der Waals surface area contributed by atoms with Crippen LogP contribution in [0.25, 0.3) is 0 Å². The second-order valence-corrected chi connectivity index (χ2v) is 5.80. The van der Waals surface area contributed by atoms with Crippen molar-refractivity contribution in [3.8, 4) is 5.88 Å². The fraction of sp³-hybridized carbons (Fsp3) is 0.412. The molecule has 3 rings (SSSR count). The zero-order chi connectivity index (χ0) is 15.2. The number of nitrogens with zero attached hydrogens (tertiary/aromatic N) is 1. The third-order valence-electron chi connectivity index (χ3n) is 4.63. The van der Waals surface area contributed by atoms with E-state index in [1.165, 1.54) is 0 Å². The average Bonchev–Trinajstić information content (AvgIpc) is 2.45. The van der Waals surface area contributed by atoms with Crippen molar-refractivity contribution in [1.82, 2.24) is 4.98 Å². The molecule has 0 fully saturated rings. The Kier molecular flexibility index (Phi) is 3.12. The Bertz CT molecular complexity index is 675. The number of carboxylic acids is 1. The Labute approximate surface area is 124 Å². The van der Waals surface area contributed by atoms with E-state index in [0.29, 0.717) is 12.3 Å². The molecule has 2 atom stereocenters. The van der Waals surface area contributed by atoms with Crippen LogP contribution in [0.1, 0.15) is 31.5 Å². The number of aromatic nitrogens is 1. The van der Waals surface area contributed by atoms with E-state index in [-0.39, 0.29) is 5.92 Å². The van der Waals surface area contributed by atoms with Crippen LogP contribution in [0.2, 0.25) is 0 Å². The highest BCUT2D eigenvalue weighted by atomic mass is 16.5. The predicted octanol–water partition coefficient (Wildman–Crippen LogP) is 2.88.